The number of carbonyl (C=O) groups excluding carboxylic acids is 1. The number of nitrogens with zero attached hydrogens (tertiary/aromatic N) is 1. The summed E-state index contributed by atoms with van der Waals surface area (Å²) in [5, 5.41) is 3.26. The molecular weight excluding hydrogens is 312 g/mol. The predicted octanol–water partition coefficient (Wildman–Crippen LogP) is 2.79. The molecule has 0 spiro atoms. The number of hydrogen-bond acceptors (Lipinski definition) is 3. The normalized spacial score (nSPS) is 22.6. The first-order valence-electron chi connectivity index (χ1n) is 8.43. The summed E-state index contributed by atoms with van der Waals surface area (Å²) in [6, 6.07) is 10.4. The molecule has 1 N–H and O–H groups in total. The molecule has 1 aliphatic heterocycles. The summed E-state index contributed by atoms with van der Waals surface area (Å²) in [7, 11) is 0. The van der Waals surface area contributed by atoms with Gasteiger partial charge in [-0.2, -0.15) is 0 Å². The zero-order valence-electron chi connectivity index (χ0n) is 13.7. The summed E-state index contributed by atoms with van der Waals surface area (Å²) in [6.45, 7) is 5.06. The summed E-state index contributed by atoms with van der Waals surface area (Å²) in [6.07, 6.45) is 3.46. The number of carbonyl (C=O) groups is 1. The van der Waals surface area contributed by atoms with Crippen LogP contribution in [-0.2, 0) is 9.53 Å². The van der Waals surface area contributed by atoms with Crippen LogP contribution >= 0.6 is 12.4 Å². The van der Waals surface area contributed by atoms with Crippen molar-refractivity contribution in [1.29, 1.82) is 0 Å². The fourth-order valence-corrected chi connectivity index (χ4v) is 3.21. The Morgan fingerprint density at radius 1 is 1.35 bits per heavy atom. The van der Waals surface area contributed by atoms with Crippen LogP contribution in [0.15, 0.2) is 30.3 Å². The largest absolute Gasteiger partial charge is 0.366 e. The monoisotopic (exact) mass is 338 g/mol. The van der Waals surface area contributed by atoms with Crippen LogP contribution in [0.5, 0.6) is 0 Å². The van der Waals surface area contributed by atoms with Gasteiger partial charge in [0.25, 0.3) is 5.91 Å². The van der Waals surface area contributed by atoms with E-state index in [1.807, 2.05) is 23.1 Å². The average molecular weight is 339 g/mol. The van der Waals surface area contributed by atoms with Crippen molar-refractivity contribution in [2.75, 3.05) is 26.2 Å². The smallest absolute Gasteiger partial charge is 0.253 e. The minimum atomic E-state index is -0.333. The second kappa shape index (κ2) is 8.67. The van der Waals surface area contributed by atoms with E-state index >= 15 is 0 Å². The molecule has 0 aromatic heterocycles. The van der Waals surface area contributed by atoms with Crippen molar-refractivity contribution >= 4 is 18.3 Å². The van der Waals surface area contributed by atoms with Gasteiger partial charge < -0.3 is 15.0 Å². The lowest BCUT2D eigenvalue weighted by Crippen LogP contribution is -2.51. The predicted molar refractivity (Wildman–Crippen MR) is 93.8 cm³/mol. The average Bonchev–Trinajstić information content (AvgIpc) is 2.54. The molecule has 3 rings (SSSR count). The number of ether oxygens (including phenoxy) is 1. The van der Waals surface area contributed by atoms with E-state index in [9.17, 15) is 4.79 Å². The molecule has 1 saturated carbocycles. The lowest BCUT2D eigenvalue weighted by atomic mass is 9.84. The van der Waals surface area contributed by atoms with Gasteiger partial charge in [0.1, 0.15) is 6.10 Å². The van der Waals surface area contributed by atoms with E-state index < -0.39 is 0 Å². The first kappa shape index (κ1) is 18.2. The van der Waals surface area contributed by atoms with Crippen LogP contribution in [0.2, 0.25) is 0 Å². The van der Waals surface area contributed by atoms with Crippen molar-refractivity contribution in [2.24, 2.45) is 5.92 Å². The Kier molecular flexibility index (Phi) is 6.88. The van der Waals surface area contributed by atoms with Gasteiger partial charge >= 0.3 is 0 Å². The molecule has 1 heterocycles. The van der Waals surface area contributed by atoms with E-state index in [2.05, 4.69) is 24.4 Å². The van der Waals surface area contributed by atoms with Gasteiger partial charge in [0.05, 0.1) is 12.6 Å². The quantitative estimate of drug-likeness (QED) is 0.897. The number of amides is 1. The third-order valence-electron chi connectivity index (χ3n) is 4.92. The Balaban J connectivity index is 0.00000192. The highest BCUT2D eigenvalue weighted by atomic mass is 35.5. The Morgan fingerprint density at radius 3 is 2.65 bits per heavy atom. The topological polar surface area (TPSA) is 41.6 Å². The first-order chi connectivity index (χ1) is 10.8. The molecule has 1 aromatic rings. The van der Waals surface area contributed by atoms with E-state index in [1.165, 1.54) is 24.8 Å². The Hall–Kier alpha value is -1.10. The number of nitrogens with one attached hydrogen (secondary N) is 1. The van der Waals surface area contributed by atoms with Crippen molar-refractivity contribution in [3.8, 4) is 0 Å². The van der Waals surface area contributed by atoms with Gasteiger partial charge in [0.2, 0.25) is 0 Å². The molecule has 2 fully saturated rings. The molecule has 2 aliphatic rings. The maximum absolute atomic E-state index is 12.9. The van der Waals surface area contributed by atoms with E-state index in [1.54, 1.807) is 0 Å². The van der Waals surface area contributed by atoms with Crippen molar-refractivity contribution in [1.82, 2.24) is 10.2 Å². The van der Waals surface area contributed by atoms with Gasteiger partial charge in [-0.05, 0) is 31.2 Å². The molecule has 2 atom stereocenters. The van der Waals surface area contributed by atoms with Crippen molar-refractivity contribution < 1.29 is 9.53 Å². The summed E-state index contributed by atoms with van der Waals surface area (Å²) in [4.78, 5) is 15.0. The highest BCUT2D eigenvalue weighted by Gasteiger charge is 2.33. The van der Waals surface area contributed by atoms with Crippen LogP contribution in [0, 0.1) is 5.92 Å². The zero-order valence-corrected chi connectivity index (χ0v) is 14.6. The third kappa shape index (κ3) is 4.46. The van der Waals surface area contributed by atoms with E-state index in [4.69, 9.17) is 4.74 Å². The van der Waals surface area contributed by atoms with Crippen molar-refractivity contribution in [2.45, 2.75) is 38.3 Å². The Morgan fingerprint density at radius 2 is 2.09 bits per heavy atom. The summed E-state index contributed by atoms with van der Waals surface area (Å²) in [5.41, 5.74) is 1.19. The number of benzene rings is 1. The van der Waals surface area contributed by atoms with Crippen LogP contribution < -0.4 is 5.32 Å². The van der Waals surface area contributed by atoms with E-state index in [0.717, 1.165) is 13.1 Å². The van der Waals surface area contributed by atoms with Crippen LogP contribution in [0.3, 0.4) is 0 Å². The highest BCUT2D eigenvalue weighted by Crippen LogP contribution is 2.31. The molecule has 1 aromatic carbocycles. The van der Waals surface area contributed by atoms with Crippen LogP contribution in [-0.4, -0.2) is 43.2 Å². The molecule has 1 aliphatic carbocycles. The van der Waals surface area contributed by atoms with Crippen LogP contribution in [0.1, 0.15) is 37.8 Å². The van der Waals surface area contributed by atoms with Crippen LogP contribution in [0.25, 0.3) is 0 Å². The van der Waals surface area contributed by atoms with Crippen molar-refractivity contribution in [3.05, 3.63) is 35.9 Å². The molecule has 128 valence electrons. The molecule has 2 unspecified atom stereocenters. The number of hydrogen-bond donors (Lipinski definition) is 1. The van der Waals surface area contributed by atoms with Crippen LogP contribution in [0.4, 0.5) is 0 Å². The standard InChI is InChI=1S/C18H26N2O2.ClH/c1-14(16-8-3-2-4-9-16)20(13-15-6-5-7-15)18(21)17-12-19-10-11-22-17;/h2-4,8-9,14-15,17,19H,5-7,10-13H2,1H3;1H. The third-order valence-corrected chi connectivity index (χ3v) is 4.92. The SMILES string of the molecule is CC(c1ccccc1)N(CC1CCC1)C(=O)C1CNCCO1.Cl. The first-order valence-corrected chi connectivity index (χ1v) is 8.43. The summed E-state index contributed by atoms with van der Waals surface area (Å²) >= 11 is 0. The molecule has 1 saturated heterocycles. The lowest BCUT2D eigenvalue weighted by Gasteiger charge is -2.38. The lowest BCUT2D eigenvalue weighted by molar-refractivity contribution is -0.148. The van der Waals surface area contributed by atoms with E-state index in [-0.39, 0.29) is 30.5 Å². The maximum atomic E-state index is 12.9. The van der Waals surface area contributed by atoms with Gasteiger partial charge in [0.15, 0.2) is 0 Å². The molecule has 5 heteroatoms. The minimum Gasteiger partial charge on any atom is -0.366 e. The Labute approximate surface area is 145 Å². The molecule has 0 bridgehead atoms. The van der Waals surface area contributed by atoms with Gasteiger partial charge in [-0.1, -0.05) is 36.8 Å². The molecule has 4 nitrogen and oxygen atoms in total. The van der Waals surface area contributed by atoms with E-state index in [0.29, 0.717) is 19.1 Å². The Bertz CT molecular complexity index is 487. The van der Waals surface area contributed by atoms with Gasteiger partial charge in [-0.15, -0.1) is 12.4 Å². The van der Waals surface area contributed by atoms with Gasteiger partial charge in [-0.3, -0.25) is 4.79 Å². The second-order valence-corrected chi connectivity index (χ2v) is 6.44. The fraction of sp³-hybridized carbons (Fsp3) is 0.611. The molecule has 1 amide bonds. The van der Waals surface area contributed by atoms with Gasteiger partial charge in [0, 0.05) is 19.6 Å². The molecule has 0 radical (unpaired) electrons. The zero-order chi connectivity index (χ0) is 15.4. The highest BCUT2D eigenvalue weighted by molar-refractivity contribution is 5.85. The maximum Gasteiger partial charge on any atom is 0.253 e. The fourth-order valence-electron chi connectivity index (χ4n) is 3.21. The number of halogens is 1. The summed E-state index contributed by atoms with van der Waals surface area (Å²) in [5.74, 6) is 0.794. The molecular formula is C18H27ClN2O2. The van der Waals surface area contributed by atoms with Crippen molar-refractivity contribution in [3.63, 3.8) is 0 Å². The van der Waals surface area contributed by atoms with Gasteiger partial charge in [-0.25, -0.2) is 0 Å². The summed E-state index contributed by atoms with van der Waals surface area (Å²) < 4.78 is 5.69. The number of rotatable bonds is 5. The molecule has 23 heavy (non-hydrogen) atoms. The number of morpholine rings is 1. The minimum absolute atomic E-state index is 0. The second-order valence-electron chi connectivity index (χ2n) is 6.44.